The molecule has 0 radical (unpaired) electrons. The van der Waals surface area contributed by atoms with E-state index in [2.05, 4.69) is 62.0 Å². The molecule has 268 valence electrons. The van der Waals surface area contributed by atoms with Gasteiger partial charge in [0.2, 0.25) is 0 Å². The van der Waals surface area contributed by atoms with Crippen molar-refractivity contribution in [1.82, 2.24) is 20.4 Å². The highest BCUT2D eigenvalue weighted by Gasteiger charge is 2.52. The van der Waals surface area contributed by atoms with E-state index in [1.54, 1.807) is 0 Å². The fourth-order valence-corrected chi connectivity index (χ4v) is 14.5. The van der Waals surface area contributed by atoms with Gasteiger partial charge in [-0.15, -0.1) is 0 Å². The van der Waals surface area contributed by atoms with Crippen LogP contribution in [0.15, 0.2) is 0 Å². The molecule has 0 aromatic rings. The average Bonchev–Trinajstić information content (AvgIpc) is 3.05. The second kappa shape index (κ2) is 25.1. The van der Waals surface area contributed by atoms with E-state index in [0.717, 1.165) is 51.1 Å². The van der Waals surface area contributed by atoms with Crippen molar-refractivity contribution in [3.63, 3.8) is 0 Å². The molecule has 2 saturated heterocycles. The first-order valence-corrected chi connectivity index (χ1v) is 22.9. The number of nitrogens with one attached hydrogen (secondary N) is 2. The third kappa shape index (κ3) is 16.8. The zero-order valence-corrected chi connectivity index (χ0v) is 32.5. The van der Waals surface area contributed by atoms with Crippen molar-refractivity contribution in [2.24, 2.45) is 0 Å². The predicted molar refractivity (Wildman–Crippen MR) is 192 cm³/mol. The maximum atomic E-state index is 7.01. The first-order chi connectivity index (χ1) is 21.9. The molecule has 11 heteroatoms. The number of unbranched alkanes of at least 4 members (excludes halogenated alkanes) is 8. The minimum absolute atomic E-state index is 0.589. The molecule has 2 unspecified atom stereocenters. The van der Waals surface area contributed by atoms with Crippen molar-refractivity contribution in [2.45, 2.75) is 143 Å². The second-order valence-corrected chi connectivity index (χ2v) is 18.8. The summed E-state index contributed by atoms with van der Waals surface area (Å²) >= 11 is 0. The third-order valence-electron chi connectivity index (χ3n) is 9.53. The highest BCUT2D eigenvalue weighted by molar-refractivity contribution is 6.75. The van der Waals surface area contributed by atoms with Crippen LogP contribution in [0.25, 0.3) is 0 Å². The van der Waals surface area contributed by atoms with Crippen LogP contribution in [0.1, 0.15) is 119 Å². The quantitative estimate of drug-likeness (QED) is 0.0735. The SMILES string of the molecule is CCO[Si](CCCCCCCC(C)N1CCNCC1)(OCC)O[Si](CCCCCCCC(C)N1CCNCC1)(OCC)OCC. The lowest BCUT2D eigenvalue weighted by Gasteiger charge is -2.38. The molecule has 0 aromatic carbocycles. The van der Waals surface area contributed by atoms with E-state index in [4.69, 9.17) is 21.8 Å². The van der Waals surface area contributed by atoms with Crippen molar-refractivity contribution in [1.29, 1.82) is 0 Å². The molecule has 0 aromatic heterocycles. The monoisotopic (exact) mass is 675 g/mol. The van der Waals surface area contributed by atoms with Crippen molar-refractivity contribution < 1.29 is 21.8 Å². The summed E-state index contributed by atoms with van der Waals surface area (Å²) in [7, 11) is -5.87. The molecule has 2 fully saturated rings. The summed E-state index contributed by atoms with van der Waals surface area (Å²) < 4.78 is 32.7. The first-order valence-electron chi connectivity index (χ1n) is 19.1. The summed E-state index contributed by atoms with van der Waals surface area (Å²) in [6, 6.07) is 3.06. The normalized spacial score (nSPS) is 18.8. The Kier molecular flexibility index (Phi) is 23.0. The van der Waals surface area contributed by atoms with Gasteiger partial charge in [-0.2, -0.15) is 0 Å². The summed E-state index contributed by atoms with van der Waals surface area (Å²) in [6.45, 7) is 24.6. The molecule has 45 heavy (non-hydrogen) atoms. The first kappa shape index (κ1) is 41.2. The van der Waals surface area contributed by atoms with Crippen LogP contribution in [0.3, 0.4) is 0 Å². The number of hydrogen-bond donors (Lipinski definition) is 2. The van der Waals surface area contributed by atoms with Crippen LogP contribution in [-0.2, 0) is 21.8 Å². The van der Waals surface area contributed by atoms with Gasteiger partial charge in [0, 0.05) is 103 Å². The highest BCUT2D eigenvalue weighted by Crippen LogP contribution is 2.30. The summed E-state index contributed by atoms with van der Waals surface area (Å²) in [5.74, 6) is 0. The lowest BCUT2D eigenvalue weighted by molar-refractivity contribution is 0.0487. The molecule has 2 aliphatic rings. The van der Waals surface area contributed by atoms with Crippen LogP contribution in [0.4, 0.5) is 0 Å². The molecule has 0 saturated carbocycles. The van der Waals surface area contributed by atoms with Gasteiger partial charge >= 0.3 is 17.6 Å². The van der Waals surface area contributed by atoms with Crippen molar-refractivity contribution in [3.8, 4) is 0 Å². The molecular formula is C34H74N4O5Si2. The highest BCUT2D eigenvalue weighted by atomic mass is 28.5. The van der Waals surface area contributed by atoms with Gasteiger partial charge in [-0.3, -0.25) is 9.80 Å². The zero-order valence-electron chi connectivity index (χ0n) is 30.5. The fourth-order valence-electron chi connectivity index (χ4n) is 6.94. The largest absolute Gasteiger partial charge is 0.493 e. The molecule has 9 nitrogen and oxygen atoms in total. The topological polar surface area (TPSA) is 76.7 Å². The van der Waals surface area contributed by atoms with Crippen molar-refractivity contribution >= 4 is 17.6 Å². The van der Waals surface area contributed by atoms with E-state index in [1.165, 1.54) is 90.4 Å². The minimum Gasteiger partial charge on any atom is -0.374 e. The molecule has 2 N–H and O–H groups in total. The van der Waals surface area contributed by atoms with Gasteiger partial charge in [0.1, 0.15) is 0 Å². The van der Waals surface area contributed by atoms with Crippen molar-refractivity contribution in [2.75, 3.05) is 78.8 Å². The van der Waals surface area contributed by atoms with Gasteiger partial charge in [-0.05, 0) is 67.2 Å². The Labute approximate surface area is 280 Å². The smallest absolute Gasteiger partial charge is 0.374 e. The molecule has 0 spiro atoms. The molecular weight excluding hydrogens is 601 g/mol. The van der Waals surface area contributed by atoms with Crippen LogP contribution in [0, 0.1) is 0 Å². The number of rotatable bonds is 28. The van der Waals surface area contributed by atoms with Gasteiger partial charge in [0.15, 0.2) is 0 Å². The summed E-state index contributed by atoms with van der Waals surface area (Å²) in [6.07, 6.45) is 14.8. The van der Waals surface area contributed by atoms with Crippen molar-refractivity contribution in [3.05, 3.63) is 0 Å². The summed E-state index contributed by atoms with van der Waals surface area (Å²) in [5.41, 5.74) is 0. The maximum Gasteiger partial charge on any atom is 0.493 e. The Bertz CT molecular complexity index is 633. The third-order valence-corrected chi connectivity index (χ3v) is 16.9. The number of hydrogen-bond acceptors (Lipinski definition) is 9. The van der Waals surface area contributed by atoms with Crippen LogP contribution in [0.2, 0.25) is 12.1 Å². The molecule has 2 atom stereocenters. The maximum absolute atomic E-state index is 7.01. The fraction of sp³-hybridized carbons (Fsp3) is 1.00. The van der Waals surface area contributed by atoms with E-state index >= 15 is 0 Å². The van der Waals surface area contributed by atoms with Gasteiger partial charge in [-0.25, -0.2) is 0 Å². The van der Waals surface area contributed by atoms with Gasteiger partial charge in [0.25, 0.3) is 0 Å². The van der Waals surface area contributed by atoms with E-state index in [-0.39, 0.29) is 0 Å². The Morgan fingerprint density at radius 2 is 0.800 bits per heavy atom. The van der Waals surface area contributed by atoms with Gasteiger partial charge in [-0.1, -0.05) is 51.4 Å². The number of piperazine rings is 2. The molecule has 2 rings (SSSR count). The van der Waals surface area contributed by atoms with Gasteiger partial charge in [0.05, 0.1) is 0 Å². The van der Waals surface area contributed by atoms with Crippen LogP contribution < -0.4 is 10.6 Å². The minimum atomic E-state index is -2.93. The standard InChI is InChI=1S/C34H74N4O5Si2/c1-7-39-44(40-8-2,31-19-15-11-13-17-21-33(5)37-27-23-35-24-28-37)43-45(41-9-3,42-10-4)32-20-16-12-14-18-22-34(6)38-29-25-36-26-30-38/h33-36H,7-32H2,1-6H3. The molecule has 0 amide bonds. The van der Waals surface area contributed by atoms with Crippen LogP contribution in [-0.4, -0.2) is 118 Å². The van der Waals surface area contributed by atoms with E-state index in [0.29, 0.717) is 38.5 Å². The van der Waals surface area contributed by atoms with E-state index < -0.39 is 17.6 Å². The Balaban J connectivity index is 1.80. The lowest BCUT2D eigenvalue weighted by atomic mass is 10.1. The predicted octanol–water partition coefficient (Wildman–Crippen LogP) is 6.30. The Morgan fingerprint density at radius 3 is 1.13 bits per heavy atom. The van der Waals surface area contributed by atoms with E-state index in [9.17, 15) is 0 Å². The van der Waals surface area contributed by atoms with Crippen LogP contribution in [0.5, 0.6) is 0 Å². The lowest BCUT2D eigenvalue weighted by Crippen LogP contribution is -2.59. The van der Waals surface area contributed by atoms with Gasteiger partial charge < -0.3 is 32.5 Å². The Morgan fingerprint density at radius 1 is 0.489 bits per heavy atom. The number of nitrogens with zero attached hydrogens (tertiary/aromatic N) is 2. The average molecular weight is 675 g/mol. The van der Waals surface area contributed by atoms with Crippen LogP contribution >= 0.6 is 0 Å². The Hall–Kier alpha value is 0.0738. The molecule has 0 aliphatic carbocycles. The van der Waals surface area contributed by atoms with E-state index in [1.807, 2.05) is 0 Å². The molecule has 2 aliphatic heterocycles. The summed E-state index contributed by atoms with van der Waals surface area (Å²) in [5, 5.41) is 6.93. The zero-order chi connectivity index (χ0) is 32.6. The second-order valence-electron chi connectivity index (χ2n) is 13.1. The molecule has 0 bridgehead atoms. The summed E-state index contributed by atoms with van der Waals surface area (Å²) in [4.78, 5) is 5.28. The molecule has 2 heterocycles.